The van der Waals surface area contributed by atoms with Gasteiger partial charge in [-0.25, -0.2) is 0 Å². The first-order valence-corrected chi connectivity index (χ1v) is 5.63. The van der Waals surface area contributed by atoms with Crippen molar-refractivity contribution in [3.63, 3.8) is 0 Å². The molecule has 0 radical (unpaired) electrons. The first kappa shape index (κ1) is 11.7. The molecule has 0 nitrogen and oxygen atoms in total. The van der Waals surface area contributed by atoms with Gasteiger partial charge in [0.05, 0.1) is 0 Å². The Bertz CT molecular complexity index is 111. The highest BCUT2D eigenvalue weighted by Gasteiger charge is 2.20. The second kappa shape index (κ2) is 4.08. The molecule has 0 saturated heterocycles. The Hall–Kier alpha value is 0.700. The normalized spacial score (nSPS) is 13.6. The third-order valence-corrected chi connectivity index (χ3v) is 3.97. The van der Waals surface area contributed by atoms with Gasteiger partial charge in [0.2, 0.25) is 0 Å². The van der Waals surface area contributed by atoms with Crippen LogP contribution in [0, 0.1) is 5.41 Å². The van der Waals surface area contributed by atoms with E-state index >= 15 is 0 Å². The molecule has 11 heavy (non-hydrogen) atoms. The zero-order valence-corrected chi connectivity index (χ0v) is 9.98. The van der Waals surface area contributed by atoms with Gasteiger partial charge in [0.1, 0.15) is 0 Å². The summed E-state index contributed by atoms with van der Waals surface area (Å²) in [5.74, 6) is 2.16. The molecule has 68 valence electrons. The number of thioether (sulfide) groups is 1. The van der Waals surface area contributed by atoms with Crippen molar-refractivity contribution in [2.75, 3.05) is 11.5 Å². The second-order valence-corrected chi connectivity index (χ2v) is 6.84. The molecule has 0 atom stereocenters. The average Bonchev–Trinajstić information content (AvgIpc) is 1.83. The fourth-order valence-corrected chi connectivity index (χ4v) is 1.65. The number of hydrogen-bond acceptors (Lipinski definition) is 2. The van der Waals surface area contributed by atoms with E-state index in [1.54, 1.807) is 0 Å². The van der Waals surface area contributed by atoms with Crippen molar-refractivity contribution in [2.24, 2.45) is 5.41 Å². The fourth-order valence-electron chi connectivity index (χ4n) is 0.458. The van der Waals surface area contributed by atoms with Crippen LogP contribution in [0.1, 0.15) is 34.6 Å². The molecule has 0 aliphatic rings. The van der Waals surface area contributed by atoms with Crippen molar-refractivity contribution in [3.8, 4) is 0 Å². The summed E-state index contributed by atoms with van der Waals surface area (Å²) in [6.45, 7) is 11.3. The summed E-state index contributed by atoms with van der Waals surface area (Å²) >= 11 is 6.33. The quantitative estimate of drug-likeness (QED) is 0.668. The minimum absolute atomic E-state index is 0.376. The first-order valence-electron chi connectivity index (χ1n) is 4.02. The van der Waals surface area contributed by atoms with E-state index in [-0.39, 0.29) is 0 Å². The molecular formula is C9H20S2. The third-order valence-electron chi connectivity index (χ3n) is 1.32. The maximum absolute atomic E-state index is 4.32. The van der Waals surface area contributed by atoms with Crippen LogP contribution < -0.4 is 0 Å². The molecule has 0 spiro atoms. The minimum atomic E-state index is 0.376. The Morgan fingerprint density at radius 1 is 1.09 bits per heavy atom. The topological polar surface area (TPSA) is 0 Å². The lowest BCUT2D eigenvalue weighted by Crippen LogP contribution is -2.21. The molecule has 0 aliphatic carbocycles. The Kier molecular flexibility index (Phi) is 4.34. The summed E-state index contributed by atoms with van der Waals surface area (Å²) in [5, 5.41) is 0. The molecule has 0 rings (SSSR count). The van der Waals surface area contributed by atoms with Gasteiger partial charge in [0, 0.05) is 4.75 Å². The van der Waals surface area contributed by atoms with Crippen LogP contribution in [0.15, 0.2) is 0 Å². The first-order chi connectivity index (χ1) is 4.77. The van der Waals surface area contributed by atoms with E-state index in [4.69, 9.17) is 0 Å². The second-order valence-electron chi connectivity index (χ2n) is 4.72. The van der Waals surface area contributed by atoms with Crippen LogP contribution in [0.4, 0.5) is 0 Å². The van der Waals surface area contributed by atoms with Crippen molar-refractivity contribution in [1.29, 1.82) is 0 Å². The van der Waals surface area contributed by atoms with Crippen molar-refractivity contribution in [1.82, 2.24) is 0 Å². The van der Waals surface area contributed by atoms with Crippen LogP contribution in [0.5, 0.6) is 0 Å². The number of rotatable bonds is 3. The smallest absolute Gasteiger partial charge is 0.00753 e. The molecule has 0 aromatic rings. The predicted molar refractivity (Wildman–Crippen MR) is 59.8 cm³/mol. The third kappa shape index (κ3) is 7.07. The predicted octanol–water partition coefficient (Wildman–Crippen LogP) is 3.47. The molecule has 2 heteroatoms. The Morgan fingerprint density at radius 3 is 1.82 bits per heavy atom. The van der Waals surface area contributed by atoms with E-state index in [0.29, 0.717) is 10.2 Å². The molecule has 0 bridgehead atoms. The van der Waals surface area contributed by atoms with Gasteiger partial charge in [0.25, 0.3) is 0 Å². The maximum atomic E-state index is 4.32. The summed E-state index contributed by atoms with van der Waals surface area (Å²) in [7, 11) is 0. The lowest BCUT2D eigenvalue weighted by atomic mass is 10.0. The van der Waals surface area contributed by atoms with Gasteiger partial charge in [-0.15, -0.1) is 0 Å². The maximum Gasteiger partial charge on any atom is 0.00753 e. The summed E-state index contributed by atoms with van der Waals surface area (Å²) in [6, 6.07) is 0. The number of hydrogen-bond donors (Lipinski definition) is 1. The molecule has 0 aromatic heterocycles. The lowest BCUT2D eigenvalue weighted by Gasteiger charge is -2.26. The highest BCUT2D eigenvalue weighted by atomic mass is 32.2. The van der Waals surface area contributed by atoms with Gasteiger partial charge in [-0.2, -0.15) is 24.4 Å². The van der Waals surface area contributed by atoms with Crippen LogP contribution in [0.3, 0.4) is 0 Å². The fraction of sp³-hybridized carbons (Fsp3) is 1.00. The van der Waals surface area contributed by atoms with Gasteiger partial charge < -0.3 is 0 Å². The van der Waals surface area contributed by atoms with E-state index in [2.05, 4.69) is 47.2 Å². The van der Waals surface area contributed by atoms with Gasteiger partial charge in [-0.05, 0) is 16.9 Å². The van der Waals surface area contributed by atoms with E-state index in [1.165, 1.54) is 5.75 Å². The Balaban J connectivity index is 3.70. The minimum Gasteiger partial charge on any atom is -0.179 e. The van der Waals surface area contributed by atoms with Crippen LogP contribution in [-0.4, -0.2) is 16.3 Å². The van der Waals surface area contributed by atoms with Crippen molar-refractivity contribution < 1.29 is 0 Å². The summed E-state index contributed by atoms with van der Waals surface area (Å²) < 4.78 is 0.389. The highest BCUT2D eigenvalue weighted by Crippen LogP contribution is 2.31. The zero-order valence-electron chi connectivity index (χ0n) is 8.27. The molecule has 0 aliphatic heterocycles. The van der Waals surface area contributed by atoms with Crippen LogP contribution in [-0.2, 0) is 0 Å². The monoisotopic (exact) mass is 192 g/mol. The van der Waals surface area contributed by atoms with Crippen LogP contribution >= 0.6 is 24.4 Å². The summed E-state index contributed by atoms with van der Waals surface area (Å²) in [6.07, 6.45) is 0. The van der Waals surface area contributed by atoms with Gasteiger partial charge in [-0.1, -0.05) is 34.6 Å². The molecule has 0 amide bonds. The summed E-state index contributed by atoms with van der Waals surface area (Å²) in [4.78, 5) is 0. The van der Waals surface area contributed by atoms with Crippen molar-refractivity contribution in [3.05, 3.63) is 0 Å². The van der Waals surface area contributed by atoms with Crippen molar-refractivity contribution in [2.45, 2.75) is 39.4 Å². The lowest BCUT2D eigenvalue weighted by molar-refractivity contribution is 0.491. The molecule has 0 heterocycles. The molecular weight excluding hydrogens is 172 g/mol. The largest absolute Gasteiger partial charge is 0.179 e. The molecule has 0 saturated carbocycles. The molecule has 0 aromatic carbocycles. The van der Waals surface area contributed by atoms with Crippen LogP contribution in [0.2, 0.25) is 0 Å². The van der Waals surface area contributed by atoms with Gasteiger partial charge in [-0.3, -0.25) is 0 Å². The number of thiol groups is 1. The summed E-state index contributed by atoms with van der Waals surface area (Å²) in [5.41, 5.74) is 0.376. The van der Waals surface area contributed by atoms with E-state index in [0.717, 1.165) is 5.75 Å². The van der Waals surface area contributed by atoms with Crippen molar-refractivity contribution >= 4 is 24.4 Å². The molecule has 0 fully saturated rings. The molecule has 0 unspecified atom stereocenters. The van der Waals surface area contributed by atoms with Crippen LogP contribution in [0.25, 0.3) is 0 Å². The average molecular weight is 192 g/mol. The SMILES string of the molecule is CC(C)(CS)CSC(C)(C)C. The Morgan fingerprint density at radius 2 is 1.55 bits per heavy atom. The highest BCUT2D eigenvalue weighted by molar-refractivity contribution is 8.00. The zero-order chi connectivity index (χ0) is 9.12. The Labute approximate surface area is 80.9 Å². The van der Waals surface area contributed by atoms with Gasteiger partial charge >= 0.3 is 0 Å². The van der Waals surface area contributed by atoms with E-state index in [1.807, 2.05) is 11.8 Å². The molecule has 0 N–H and O–H groups in total. The standard InChI is InChI=1S/C9H20S2/c1-8(2,3)11-7-9(4,5)6-10/h10H,6-7H2,1-5H3. The van der Waals surface area contributed by atoms with E-state index < -0.39 is 0 Å². The van der Waals surface area contributed by atoms with Gasteiger partial charge in [0.15, 0.2) is 0 Å². The van der Waals surface area contributed by atoms with E-state index in [9.17, 15) is 0 Å².